The van der Waals surface area contributed by atoms with E-state index in [9.17, 15) is 9.59 Å². The number of nitrogens with one attached hydrogen (secondary N) is 2. The summed E-state index contributed by atoms with van der Waals surface area (Å²) in [5, 5.41) is 6.20. The average Bonchev–Trinajstić information content (AvgIpc) is 2.48. The van der Waals surface area contributed by atoms with Gasteiger partial charge in [-0.25, -0.2) is 4.98 Å². The molecule has 2 aromatic rings. The summed E-state index contributed by atoms with van der Waals surface area (Å²) in [6.07, 6.45) is 0. The van der Waals surface area contributed by atoms with Crippen molar-refractivity contribution in [3.8, 4) is 0 Å². The normalized spacial score (nSPS) is 11.0. The highest BCUT2D eigenvalue weighted by Gasteiger charge is 2.18. The fourth-order valence-electron chi connectivity index (χ4n) is 2.05. The van der Waals surface area contributed by atoms with Crippen LogP contribution in [0.2, 0.25) is 5.02 Å². The van der Waals surface area contributed by atoms with Crippen LogP contribution in [0, 0.1) is 6.92 Å². The Labute approximate surface area is 146 Å². The zero-order chi connectivity index (χ0) is 17.9. The Morgan fingerprint density at radius 3 is 2.25 bits per heavy atom. The fraction of sp³-hybridized carbons (Fsp3) is 0.278. The third-order valence-electron chi connectivity index (χ3n) is 3.14. The molecule has 0 unspecified atom stereocenters. The van der Waals surface area contributed by atoms with Crippen LogP contribution in [0.1, 0.15) is 47.3 Å². The van der Waals surface area contributed by atoms with Crippen molar-refractivity contribution in [2.45, 2.75) is 33.2 Å². The lowest BCUT2D eigenvalue weighted by Crippen LogP contribution is -2.41. The first-order valence-corrected chi connectivity index (χ1v) is 7.90. The van der Waals surface area contributed by atoms with Gasteiger partial charge in [0.1, 0.15) is 11.4 Å². The zero-order valence-corrected chi connectivity index (χ0v) is 14.9. The molecule has 5 nitrogen and oxygen atoms in total. The Balaban J connectivity index is 2.18. The van der Waals surface area contributed by atoms with Gasteiger partial charge in [0.15, 0.2) is 0 Å². The summed E-state index contributed by atoms with van der Waals surface area (Å²) in [6.45, 7) is 7.49. The molecule has 2 rings (SSSR count). The van der Waals surface area contributed by atoms with E-state index < -0.39 is 0 Å². The number of benzene rings is 1. The Kier molecular flexibility index (Phi) is 5.24. The van der Waals surface area contributed by atoms with Gasteiger partial charge in [0.05, 0.1) is 0 Å². The highest BCUT2D eigenvalue weighted by atomic mass is 35.5. The molecule has 2 amide bonds. The Bertz CT molecular complexity index is 782. The maximum atomic E-state index is 12.4. The zero-order valence-electron chi connectivity index (χ0n) is 14.1. The molecule has 2 N–H and O–H groups in total. The molecule has 126 valence electrons. The predicted molar refractivity (Wildman–Crippen MR) is 95.6 cm³/mol. The average molecular weight is 346 g/mol. The molecule has 0 aliphatic carbocycles. The number of pyridine rings is 1. The number of carbonyl (C=O) groups is 2. The van der Waals surface area contributed by atoms with Gasteiger partial charge in [-0.2, -0.15) is 0 Å². The number of amides is 2. The summed E-state index contributed by atoms with van der Waals surface area (Å²) in [5.41, 5.74) is 1.49. The molecule has 0 radical (unpaired) electrons. The lowest BCUT2D eigenvalue weighted by Gasteiger charge is -2.20. The molecule has 0 aliphatic rings. The third kappa shape index (κ3) is 4.80. The minimum atomic E-state index is -0.383. The number of hydrogen-bond donors (Lipinski definition) is 2. The Morgan fingerprint density at radius 2 is 1.67 bits per heavy atom. The van der Waals surface area contributed by atoms with Crippen LogP contribution in [0.15, 0.2) is 36.4 Å². The second kappa shape index (κ2) is 7.01. The SMILES string of the molecule is Cc1cc(Cl)ccc1NC(=O)c1cccc(C(=O)NC(C)(C)C)n1. The van der Waals surface area contributed by atoms with Gasteiger partial charge in [-0.1, -0.05) is 17.7 Å². The summed E-state index contributed by atoms with van der Waals surface area (Å²) >= 11 is 5.91. The van der Waals surface area contributed by atoms with Crippen LogP contribution >= 0.6 is 11.6 Å². The summed E-state index contributed by atoms with van der Waals surface area (Å²) in [5.74, 6) is -0.703. The van der Waals surface area contributed by atoms with E-state index in [2.05, 4.69) is 15.6 Å². The molecule has 0 saturated heterocycles. The molecule has 0 aliphatic heterocycles. The first kappa shape index (κ1) is 17.9. The van der Waals surface area contributed by atoms with Gasteiger partial charge in [0.25, 0.3) is 11.8 Å². The quantitative estimate of drug-likeness (QED) is 0.888. The van der Waals surface area contributed by atoms with Crippen LogP contribution in [0.5, 0.6) is 0 Å². The topological polar surface area (TPSA) is 71.1 Å². The molecular weight excluding hydrogens is 326 g/mol. The van der Waals surface area contributed by atoms with E-state index in [-0.39, 0.29) is 28.7 Å². The van der Waals surface area contributed by atoms with Crippen molar-refractivity contribution in [3.05, 3.63) is 58.4 Å². The third-order valence-corrected chi connectivity index (χ3v) is 3.37. The lowest BCUT2D eigenvalue weighted by molar-refractivity contribution is 0.0914. The number of halogens is 1. The van der Waals surface area contributed by atoms with E-state index in [1.807, 2.05) is 27.7 Å². The molecule has 0 spiro atoms. The molecule has 0 saturated carbocycles. The van der Waals surface area contributed by atoms with Crippen LogP contribution in [0.25, 0.3) is 0 Å². The van der Waals surface area contributed by atoms with Crippen molar-refractivity contribution in [1.29, 1.82) is 0 Å². The second-order valence-electron chi connectivity index (χ2n) is 6.53. The van der Waals surface area contributed by atoms with E-state index in [4.69, 9.17) is 11.6 Å². The molecular formula is C18H20ClN3O2. The van der Waals surface area contributed by atoms with Gasteiger partial charge in [0.2, 0.25) is 0 Å². The second-order valence-corrected chi connectivity index (χ2v) is 6.96. The van der Waals surface area contributed by atoms with Gasteiger partial charge < -0.3 is 10.6 Å². The van der Waals surface area contributed by atoms with Crippen LogP contribution < -0.4 is 10.6 Å². The maximum absolute atomic E-state index is 12.4. The molecule has 1 aromatic heterocycles. The van der Waals surface area contributed by atoms with Crippen molar-refractivity contribution in [2.75, 3.05) is 5.32 Å². The number of anilines is 1. The van der Waals surface area contributed by atoms with Crippen molar-refractivity contribution in [3.63, 3.8) is 0 Å². The van der Waals surface area contributed by atoms with Crippen LogP contribution in [-0.4, -0.2) is 22.3 Å². The minimum absolute atomic E-state index is 0.172. The van der Waals surface area contributed by atoms with Gasteiger partial charge in [-0.3, -0.25) is 9.59 Å². The first-order valence-electron chi connectivity index (χ1n) is 7.53. The first-order chi connectivity index (χ1) is 11.2. The monoisotopic (exact) mass is 345 g/mol. The summed E-state index contributed by atoms with van der Waals surface area (Å²) in [7, 11) is 0. The summed E-state index contributed by atoms with van der Waals surface area (Å²) in [4.78, 5) is 28.7. The van der Waals surface area contributed by atoms with Crippen LogP contribution in [0.3, 0.4) is 0 Å². The standard InChI is InChI=1S/C18H20ClN3O2/c1-11-10-12(19)8-9-13(11)21-16(23)14-6-5-7-15(20-14)17(24)22-18(2,3)4/h5-10H,1-4H3,(H,21,23)(H,22,24). The largest absolute Gasteiger partial charge is 0.346 e. The molecule has 1 heterocycles. The number of aryl methyl sites for hydroxylation is 1. The fourth-order valence-corrected chi connectivity index (χ4v) is 2.27. The number of hydrogen-bond acceptors (Lipinski definition) is 3. The Morgan fingerprint density at radius 1 is 1.04 bits per heavy atom. The van der Waals surface area contributed by atoms with E-state index in [1.54, 1.807) is 36.4 Å². The van der Waals surface area contributed by atoms with Crippen molar-refractivity contribution in [1.82, 2.24) is 10.3 Å². The van der Waals surface area contributed by atoms with Gasteiger partial charge >= 0.3 is 0 Å². The van der Waals surface area contributed by atoms with Crippen LogP contribution in [0.4, 0.5) is 5.69 Å². The van der Waals surface area contributed by atoms with Gasteiger partial charge in [-0.05, 0) is 63.6 Å². The molecule has 1 aromatic carbocycles. The van der Waals surface area contributed by atoms with Gasteiger partial charge in [0, 0.05) is 16.2 Å². The smallest absolute Gasteiger partial charge is 0.274 e. The number of aromatic nitrogens is 1. The van der Waals surface area contributed by atoms with Crippen LogP contribution in [-0.2, 0) is 0 Å². The van der Waals surface area contributed by atoms with E-state index >= 15 is 0 Å². The lowest BCUT2D eigenvalue weighted by atomic mass is 10.1. The summed E-state index contributed by atoms with van der Waals surface area (Å²) in [6, 6.07) is 9.96. The predicted octanol–water partition coefficient (Wildman–Crippen LogP) is 3.82. The minimum Gasteiger partial charge on any atom is -0.346 e. The van der Waals surface area contributed by atoms with Crippen molar-refractivity contribution in [2.24, 2.45) is 0 Å². The molecule has 0 fully saturated rings. The number of nitrogens with zero attached hydrogens (tertiary/aromatic N) is 1. The van der Waals surface area contributed by atoms with Crippen molar-refractivity contribution >= 4 is 29.1 Å². The highest BCUT2D eigenvalue weighted by Crippen LogP contribution is 2.20. The maximum Gasteiger partial charge on any atom is 0.274 e. The molecule has 0 atom stereocenters. The van der Waals surface area contributed by atoms with Gasteiger partial charge in [-0.15, -0.1) is 0 Å². The molecule has 0 bridgehead atoms. The van der Waals surface area contributed by atoms with E-state index in [0.717, 1.165) is 5.56 Å². The van der Waals surface area contributed by atoms with E-state index in [1.165, 1.54) is 0 Å². The summed E-state index contributed by atoms with van der Waals surface area (Å²) < 4.78 is 0. The van der Waals surface area contributed by atoms with E-state index in [0.29, 0.717) is 10.7 Å². The highest BCUT2D eigenvalue weighted by molar-refractivity contribution is 6.30. The molecule has 24 heavy (non-hydrogen) atoms. The number of rotatable bonds is 3. The number of carbonyl (C=O) groups excluding carboxylic acids is 2. The Hall–Kier alpha value is -2.40. The molecule has 6 heteroatoms. The van der Waals surface area contributed by atoms with Crippen molar-refractivity contribution < 1.29 is 9.59 Å².